The number of nitrogens with zero attached hydrogens (tertiary/aromatic N) is 3. The highest BCUT2D eigenvalue weighted by Crippen LogP contribution is 2.43. The fraction of sp³-hybridized carbons (Fsp3) is 0.222. The van der Waals surface area contributed by atoms with Crippen LogP contribution in [0.15, 0.2) is 46.2 Å². The van der Waals surface area contributed by atoms with Gasteiger partial charge in [0.2, 0.25) is 0 Å². The number of rotatable bonds is 1. The smallest absolute Gasteiger partial charge is 0.393 e. The molecule has 0 radical (unpaired) electrons. The van der Waals surface area contributed by atoms with Crippen molar-refractivity contribution in [3.8, 4) is 0 Å². The lowest BCUT2D eigenvalue weighted by molar-refractivity contribution is -0.363. The molecule has 2 aromatic heterocycles. The lowest BCUT2D eigenvalue weighted by Crippen LogP contribution is -2.51. The number of aromatic nitrogens is 2. The predicted molar refractivity (Wildman–Crippen MR) is 99.9 cm³/mol. The van der Waals surface area contributed by atoms with Crippen molar-refractivity contribution in [1.82, 2.24) is 9.46 Å². The molecule has 128 valence electrons. The normalized spacial score (nSPS) is 18.4. The van der Waals surface area contributed by atoms with Crippen LogP contribution in [0.3, 0.4) is 0 Å². The van der Waals surface area contributed by atoms with E-state index in [-0.39, 0.29) is 0 Å². The van der Waals surface area contributed by atoms with Gasteiger partial charge in [0.15, 0.2) is 5.70 Å². The molecule has 25 heavy (non-hydrogen) atoms. The largest absolute Gasteiger partial charge is 0.737 e. The van der Waals surface area contributed by atoms with E-state index in [0.717, 1.165) is 21.2 Å². The molecular weight excluding hydrogens is 387 g/mol. The third-order valence-corrected chi connectivity index (χ3v) is 5.39. The summed E-state index contributed by atoms with van der Waals surface area (Å²) in [6.07, 6.45) is 3.52. The monoisotopic (exact) mass is 403 g/mol. The average Bonchev–Trinajstić information content (AvgIpc) is 2.99. The highest BCUT2D eigenvalue weighted by Gasteiger charge is 2.55. The molecule has 2 aliphatic rings. The molecule has 0 saturated heterocycles. The van der Waals surface area contributed by atoms with Gasteiger partial charge in [0, 0.05) is 34.9 Å². The summed E-state index contributed by atoms with van der Waals surface area (Å²) in [6, 6.07) is 5.58. The molecule has 2 aliphatic heterocycles. The van der Waals surface area contributed by atoms with Gasteiger partial charge in [-0.15, -0.1) is 0 Å². The second-order valence-corrected chi connectivity index (χ2v) is 7.62. The molecule has 4 heterocycles. The first-order chi connectivity index (χ1) is 11.7. The lowest BCUT2D eigenvalue weighted by Gasteiger charge is -2.33. The fourth-order valence-electron chi connectivity index (χ4n) is 4.06. The Bertz CT molecular complexity index is 1010. The van der Waals surface area contributed by atoms with Gasteiger partial charge >= 0.3 is 6.97 Å². The van der Waals surface area contributed by atoms with E-state index in [1.54, 1.807) is 20.0 Å². The molecule has 0 N–H and O–H groups in total. The van der Waals surface area contributed by atoms with Gasteiger partial charge < -0.3 is 17.6 Å². The molecule has 0 aliphatic carbocycles. The van der Waals surface area contributed by atoms with Gasteiger partial charge in [-0.2, -0.15) is 0 Å². The lowest BCUT2D eigenvalue weighted by atomic mass is 9.85. The first-order valence-electron chi connectivity index (χ1n) is 8.12. The van der Waals surface area contributed by atoms with Crippen LogP contribution in [-0.4, -0.2) is 26.6 Å². The van der Waals surface area contributed by atoms with Crippen molar-refractivity contribution in [3.63, 3.8) is 0 Å². The summed E-state index contributed by atoms with van der Waals surface area (Å²) in [5.74, 6) is 0. The summed E-state index contributed by atoms with van der Waals surface area (Å²) in [5, 5.41) is 0. The Morgan fingerprint density at radius 2 is 1.88 bits per heavy atom. The molecule has 7 heteroatoms. The van der Waals surface area contributed by atoms with E-state index < -0.39 is 6.97 Å². The van der Waals surface area contributed by atoms with Gasteiger partial charge in [0.05, 0.1) is 11.3 Å². The van der Waals surface area contributed by atoms with Gasteiger partial charge in [-0.1, -0.05) is 0 Å². The predicted octanol–water partition coefficient (Wildman–Crippen LogP) is 4.69. The van der Waals surface area contributed by atoms with Crippen molar-refractivity contribution in [1.29, 1.82) is 0 Å². The minimum atomic E-state index is -3.93. The van der Waals surface area contributed by atoms with Gasteiger partial charge in [-0.05, 0) is 66.2 Å². The summed E-state index contributed by atoms with van der Waals surface area (Å²) in [6.45, 7) is 3.29. The van der Waals surface area contributed by atoms with Gasteiger partial charge in [-0.3, -0.25) is 4.98 Å². The molecule has 3 nitrogen and oxygen atoms in total. The van der Waals surface area contributed by atoms with Crippen molar-refractivity contribution in [2.75, 3.05) is 0 Å². The molecule has 0 amide bonds. The van der Waals surface area contributed by atoms with Gasteiger partial charge in [0.25, 0.3) is 0 Å². The fourth-order valence-corrected chi connectivity index (χ4v) is 4.30. The quantitative estimate of drug-likeness (QED) is 0.632. The number of pyridine rings is 1. The highest BCUT2D eigenvalue weighted by molar-refractivity contribution is 9.10. The molecule has 4 rings (SSSR count). The Morgan fingerprint density at radius 3 is 2.52 bits per heavy atom. The molecule has 0 spiro atoms. The molecule has 0 atom stereocenters. The zero-order valence-electron chi connectivity index (χ0n) is 14.4. The Hall–Kier alpha value is -2.02. The Morgan fingerprint density at radius 1 is 1.16 bits per heavy atom. The molecule has 0 saturated carbocycles. The van der Waals surface area contributed by atoms with Crippen LogP contribution in [0.5, 0.6) is 0 Å². The number of aryl methyl sites for hydroxylation is 2. The molecule has 0 bridgehead atoms. The van der Waals surface area contributed by atoms with Crippen molar-refractivity contribution >= 4 is 34.2 Å². The highest BCUT2D eigenvalue weighted by atomic mass is 79.9. The first kappa shape index (κ1) is 16.5. The maximum atomic E-state index is 15.4. The van der Waals surface area contributed by atoms with Crippen LogP contribution in [-0.2, 0) is 0 Å². The Kier molecular flexibility index (Phi) is 3.45. The SMILES string of the molecule is CC1=CC(C)=[N+]2C1=C(c1ccc(Br)cn1)c1c(C)cc(C)n1[B-]2(F)F. The zero-order chi connectivity index (χ0) is 18.1. The van der Waals surface area contributed by atoms with E-state index in [4.69, 9.17) is 0 Å². The van der Waals surface area contributed by atoms with E-state index in [2.05, 4.69) is 20.9 Å². The van der Waals surface area contributed by atoms with Crippen LogP contribution in [0.1, 0.15) is 36.5 Å². The van der Waals surface area contributed by atoms with E-state index >= 15 is 8.63 Å². The summed E-state index contributed by atoms with van der Waals surface area (Å²) in [5.41, 5.74) is 5.37. The number of hydrogen-bond donors (Lipinski definition) is 0. The van der Waals surface area contributed by atoms with Crippen molar-refractivity contribution in [2.24, 2.45) is 0 Å². The minimum Gasteiger partial charge on any atom is -0.393 e. The third kappa shape index (κ3) is 2.14. The molecule has 0 aromatic carbocycles. The molecule has 0 unspecified atom stereocenters. The maximum Gasteiger partial charge on any atom is 0.737 e. The van der Waals surface area contributed by atoms with Crippen molar-refractivity contribution in [2.45, 2.75) is 27.7 Å². The van der Waals surface area contributed by atoms with Crippen LogP contribution < -0.4 is 0 Å². The number of halogens is 3. The summed E-state index contributed by atoms with van der Waals surface area (Å²) < 4.78 is 34.1. The second-order valence-electron chi connectivity index (χ2n) is 6.70. The molecule has 0 fully saturated rings. The van der Waals surface area contributed by atoms with Crippen LogP contribution in [0, 0.1) is 13.8 Å². The standard InChI is InChI=1S/C18H17BBrF2N3/c1-10-7-12(3)24-17(10)16(15-6-5-14(20)9-23-15)18-11(2)8-13(4)25(18)19(24,21)22/h5-9H,1-4H3. The van der Waals surface area contributed by atoms with Crippen molar-refractivity contribution in [3.05, 3.63) is 68.9 Å². The maximum absolute atomic E-state index is 15.4. The number of fused-ring (bicyclic) bond motifs is 2. The summed E-state index contributed by atoms with van der Waals surface area (Å²) >= 11 is 3.39. The Labute approximate surface area is 153 Å². The third-order valence-electron chi connectivity index (χ3n) is 4.92. The topological polar surface area (TPSA) is 20.8 Å². The van der Waals surface area contributed by atoms with Crippen molar-refractivity contribution < 1.29 is 13.1 Å². The number of allylic oxidation sites excluding steroid dienone is 2. The second kappa shape index (κ2) is 5.24. The van der Waals surface area contributed by atoms with E-state index in [1.807, 2.05) is 38.1 Å². The van der Waals surface area contributed by atoms with E-state index in [9.17, 15) is 0 Å². The van der Waals surface area contributed by atoms with Crippen LogP contribution in [0.2, 0.25) is 0 Å². The van der Waals surface area contributed by atoms with Gasteiger partial charge in [0.1, 0.15) is 5.71 Å². The van der Waals surface area contributed by atoms with Gasteiger partial charge in [-0.25, -0.2) is 0 Å². The number of hydrogen-bond acceptors (Lipinski definition) is 1. The summed E-state index contributed by atoms with van der Waals surface area (Å²) in [7, 11) is 0. The minimum absolute atomic E-state index is 0.559. The molecule has 2 aromatic rings. The van der Waals surface area contributed by atoms with Crippen LogP contribution in [0.25, 0.3) is 5.57 Å². The van der Waals surface area contributed by atoms with Crippen LogP contribution in [0.4, 0.5) is 8.63 Å². The zero-order valence-corrected chi connectivity index (χ0v) is 16.0. The van der Waals surface area contributed by atoms with E-state index in [0.29, 0.717) is 28.5 Å². The average molecular weight is 404 g/mol. The molecular formula is C18H17BBrF2N3. The first-order valence-corrected chi connectivity index (χ1v) is 8.92. The Balaban J connectivity index is 2.17. The summed E-state index contributed by atoms with van der Waals surface area (Å²) in [4.78, 5) is 4.50. The van der Waals surface area contributed by atoms with Crippen LogP contribution >= 0.6 is 15.9 Å². The van der Waals surface area contributed by atoms with E-state index in [1.165, 1.54) is 8.96 Å².